The van der Waals surface area contributed by atoms with E-state index in [-0.39, 0.29) is 0 Å². The lowest BCUT2D eigenvalue weighted by Gasteiger charge is -2.28. The van der Waals surface area contributed by atoms with E-state index in [9.17, 15) is 0 Å². The van der Waals surface area contributed by atoms with Gasteiger partial charge in [0.15, 0.2) is 0 Å². The van der Waals surface area contributed by atoms with E-state index in [1.165, 1.54) is 5.69 Å². The third-order valence-electron chi connectivity index (χ3n) is 4.99. The number of rotatable bonds is 8. The first-order valence-electron chi connectivity index (χ1n) is 10.4. The third kappa shape index (κ3) is 5.41. The Bertz CT molecular complexity index is 981. The molecule has 4 rings (SSSR count). The van der Waals surface area contributed by atoms with Gasteiger partial charge in [-0.2, -0.15) is 9.67 Å². The van der Waals surface area contributed by atoms with Crippen molar-refractivity contribution in [2.24, 2.45) is 0 Å². The van der Waals surface area contributed by atoms with Crippen molar-refractivity contribution in [2.45, 2.75) is 0 Å². The van der Waals surface area contributed by atoms with Crippen LogP contribution in [0.2, 0.25) is 0 Å². The van der Waals surface area contributed by atoms with Crippen molar-refractivity contribution >= 4 is 29.1 Å². The minimum absolute atomic E-state index is 0.304. The molecular formula is C21H29N9O. The zero-order valence-electron chi connectivity index (χ0n) is 18.0. The number of pyridine rings is 1. The number of hydrogen-bond acceptors (Lipinski definition) is 9. The molecule has 1 saturated heterocycles. The number of benzene rings is 1. The van der Waals surface area contributed by atoms with Gasteiger partial charge in [-0.1, -0.05) is 0 Å². The normalized spacial score (nSPS) is 14.1. The largest absolute Gasteiger partial charge is 0.378 e. The van der Waals surface area contributed by atoms with Crippen LogP contribution in [0.5, 0.6) is 0 Å². The van der Waals surface area contributed by atoms with Crippen LogP contribution in [0.15, 0.2) is 42.6 Å². The first-order chi connectivity index (χ1) is 15.1. The second-order valence-electron chi connectivity index (χ2n) is 7.61. The molecule has 1 aromatic carbocycles. The van der Waals surface area contributed by atoms with Gasteiger partial charge in [0.1, 0.15) is 5.82 Å². The van der Waals surface area contributed by atoms with Crippen molar-refractivity contribution < 1.29 is 4.74 Å². The van der Waals surface area contributed by atoms with Crippen LogP contribution in [0, 0.1) is 0 Å². The zero-order valence-corrected chi connectivity index (χ0v) is 18.0. The van der Waals surface area contributed by atoms with Crippen molar-refractivity contribution in [3.8, 4) is 5.69 Å². The zero-order chi connectivity index (χ0) is 21.6. The first-order valence-corrected chi connectivity index (χ1v) is 10.4. The molecule has 0 bridgehead atoms. The fourth-order valence-corrected chi connectivity index (χ4v) is 3.33. The van der Waals surface area contributed by atoms with Crippen LogP contribution in [0.1, 0.15) is 0 Å². The van der Waals surface area contributed by atoms with E-state index in [2.05, 4.69) is 47.6 Å². The first kappa shape index (κ1) is 20.9. The molecule has 10 nitrogen and oxygen atoms in total. The van der Waals surface area contributed by atoms with Gasteiger partial charge in [0, 0.05) is 49.8 Å². The Kier molecular flexibility index (Phi) is 6.48. The molecule has 1 fully saturated rings. The van der Waals surface area contributed by atoms with E-state index in [4.69, 9.17) is 10.5 Å². The maximum absolute atomic E-state index is 6.12. The smallest absolute Gasteiger partial charge is 0.248 e. The van der Waals surface area contributed by atoms with Crippen molar-refractivity contribution in [3.63, 3.8) is 0 Å². The van der Waals surface area contributed by atoms with E-state index in [1.807, 2.05) is 38.4 Å². The van der Waals surface area contributed by atoms with Crippen LogP contribution in [0.3, 0.4) is 0 Å². The van der Waals surface area contributed by atoms with Crippen LogP contribution < -0.4 is 21.3 Å². The highest BCUT2D eigenvalue weighted by molar-refractivity contribution is 5.60. The molecule has 2 aromatic heterocycles. The molecule has 0 radical (unpaired) electrons. The van der Waals surface area contributed by atoms with Crippen LogP contribution in [0.25, 0.3) is 5.69 Å². The molecular weight excluding hydrogens is 394 g/mol. The fraction of sp³-hybridized carbons (Fsp3) is 0.381. The number of nitrogen functional groups attached to an aromatic ring is 1. The molecule has 0 atom stereocenters. The van der Waals surface area contributed by atoms with E-state index in [1.54, 1.807) is 10.9 Å². The monoisotopic (exact) mass is 423 g/mol. The van der Waals surface area contributed by atoms with Gasteiger partial charge in [-0.15, -0.1) is 5.10 Å². The number of anilines is 5. The molecule has 0 unspecified atom stereocenters. The minimum atomic E-state index is 0.304. The van der Waals surface area contributed by atoms with Gasteiger partial charge in [-0.3, -0.25) is 0 Å². The molecule has 3 heterocycles. The van der Waals surface area contributed by atoms with Gasteiger partial charge >= 0.3 is 0 Å². The second kappa shape index (κ2) is 9.63. The second-order valence-corrected chi connectivity index (χ2v) is 7.61. The van der Waals surface area contributed by atoms with Gasteiger partial charge in [-0.25, -0.2) is 4.98 Å². The van der Waals surface area contributed by atoms with Crippen molar-refractivity contribution in [2.75, 3.05) is 74.8 Å². The Morgan fingerprint density at radius 2 is 1.87 bits per heavy atom. The number of hydrogen-bond donors (Lipinski definition) is 3. The van der Waals surface area contributed by atoms with Crippen LogP contribution in [-0.4, -0.2) is 78.1 Å². The summed E-state index contributed by atoms with van der Waals surface area (Å²) in [6, 6.07) is 12.0. The molecule has 164 valence electrons. The number of ether oxygens (including phenoxy) is 1. The summed E-state index contributed by atoms with van der Waals surface area (Å²) in [6.45, 7) is 5.06. The lowest BCUT2D eigenvalue weighted by molar-refractivity contribution is 0.122. The molecule has 4 N–H and O–H groups in total. The fourth-order valence-electron chi connectivity index (χ4n) is 3.33. The maximum atomic E-state index is 6.12. The van der Waals surface area contributed by atoms with Gasteiger partial charge < -0.3 is 30.9 Å². The number of nitrogens with two attached hydrogens (primary N) is 1. The molecule has 3 aromatic rings. The highest BCUT2D eigenvalue weighted by Crippen LogP contribution is 2.22. The van der Waals surface area contributed by atoms with E-state index >= 15 is 0 Å². The van der Waals surface area contributed by atoms with Crippen LogP contribution in [-0.2, 0) is 4.74 Å². The van der Waals surface area contributed by atoms with Crippen molar-refractivity contribution in [1.29, 1.82) is 0 Å². The van der Waals surface area contributed by atoms with E-state index in [0.29, 0.717) is 11.9 Å². The molecule has 0 saturated carbocycles. The quantitative estimate of drug-likeness (QED) is 0.499. The van der Waals surface area contributed by atoms with Gasteiger partial charge in [0.2, 0.25) is 11.9 Å². The Hall–Kier alpha value is -3.37. The van der Waals surface area contributed by atoms with E-state index in [0.717, 1.165) is 56.6 Å². The molecule has 0 spiro atoms. The van der Waals surface area contributed by atoms with Gasteiger partial charge in [0.25, 0.3) is 0 Å². The van der Waals surface area contributed by atoms with Crippen LogP contribution >= 0.6 is 0 Å². The Morgan fingerprint density at radius 3 is 2.61 bits per heavy atom. The summed E-state index contributed by atoms with van der Waals surface area (Å²) in [6.07, 6.45) is 1.73. The molecule has 1 aliphatic heterocycles. The van der Waals surface area contributed by atoms with Gasteiger partial charge in [0.05, 0.1) is 18.9 Å². The summed E-state index contributed by atoms with van der Waals surface area (Å²) < 4.78 is 7.02. The van der Waals surface area contributed by atoms with E-state index < -0.39 is 0 Å². The predicted octanol–water partition coefficient (Wildman–Crippen LogP) is 1.80. The Morgan fingerprint density at radius 1 is 1.10 bits per heavy atom. The standard InChI is InChI=1S/C21H29N9O/c1-28(2)10-9-24-19-15-18(7-8-23-19)30-20(22)26-21(27-30)25-16-3-5-17(6-4-16)29-11-13-31-14-12-29/h3-8,15H,9-14H2,1-2H3,(H,23,24)(H3,22,25,26,27). The molecule has 1 aliphatic rings. The number of likely N-dealkylation sites (N-methyl/N-ethyl adjacent to an activating group) is 1. The lowest BCUT2D eigenvalue weighted by atomic mass is 10.2. The van der Waals surface area contributed by atoms with Gasteiger partial charge in [-0.05, 0) is 44.4 Å². The summed E-state index contributed by atoms with van der Waals surface area (Å²) in [7, 11) is 4.07. The number of nitrogens with zero attached hydrogens (tertiary/aromatic N) is 6. The molecule has 31 heavy (non-hydrogen) atoms. The predicted molar refractivity (Wildman–Crippen MR) is 123 cm³/mol. The SMILES string of the molecule is CN(C)CCNc1cc(-n2nc(Nc3ccc(N4CCOCC4)cc3)nc2N)ccn1. The summed E-state index contributed by atoms with van der Waals surface area (Å²) >= 11 is 0. The summed E-state index contributed by atoms with van der Waals surface area (Å²) in [5.41, 5.74) is 8.99. The van der Waals surface area contributed by atoms with Crippen molar-refractivity contribution in [3.05, 3.63) is 42.6 Å². The lowest BCUT2D eigenvalue weighted by Crippen LogP contribution is -2.36. The topological polar surface area (TPSA) is 109 Å². The highest BCUT2D eigenvalue weighted by Gasteiger charge is 2.12. The molecule has 0 aliphatic carbocycles. The average Bonchev–Trinajstić information content (AvgIpc) is 3.15. The molecule has 10 heteroatoms. The number of morpholine rings is 1. The highest BCUT2D eigenvalue weighted by atomic mass is 16.5. The number of nitrogens with one attached hydrogen (secondary N) is 2. The Labute approximate surface area is 182 Å². The average molecular weight is 424 g/mol. The van der Waals surface area contributed by atoms with Crippen molar-refractivity contribution in [1.82, 2.24) is 24.6 Å². The van der Waals surface area contributed by atoms with Crippen LogP contribution in [0.4, 0.5) is 29.1 Å². The Balaban J connectivity index is 1.43. The summed E-state index contributed by atoms with van der Waals surface area (Å²) in [5, 5.41) is 11.0. The molecule has 0 amide bonds. The maximum Gasteiger partial charge on any atom is 0.248 e. The summed E-state index contributed by atoms with van der Waals surface area (Å²) in [4.78, 5) is 13.1. The number of aromatic nitrogens is 4. The third-order valence-corrected chi connectivity index (χ3v) is 4.99. The summed E-state index contributed by atoms with van der Waals surface area (Å²) in [5.74, 6) is 1.51. The minimum Gasteiger partial charge on any atom is -0.378 e.